The second-order valence-electron chi connectivity index (χ2n) is 1.86. The standard InChI is InChI=1S/C8H8N2/c1-3-7(2)8-4-9-6-10-5-8/h3-6H,1-2H2. The Morgan fingerprint density at radius 3 is 2.50 bits per heavy atom. The zero-order valence-corrected chi connectivity index (χ0v) is 5.62. The molecule has 0 saturated heterocycles. The summed E-state index contributed by atoms with van der Waals surface area (Å²) >= 11 is 0. The van der Waals surface area contributed by atoms with E-state index in [0.717, 1.165) is 11.1 Å². The maximum Gasteiger partial charge on any atom is 0.115 e. The summed E-state index contributed by atoms with van der Waals surface area (Å²) in [7, 11) is 0. The van der Waals surface area contributed by atoms with Crippen LogP contribution in [0.25, 0.3) is 5.57 Å². The van der Waals surface area contributed by atoms with Crippen molar-refractivity contribution in [3.63, 3.8) is 0 Å². The van der Waals surface area contributed by atoms with Gasteiger partial charge in [-0.05, 0) is 5.57 Å². The van der Waals surface area contributed by atoms with E-state index in [1.807, 2.05) is 0 Å². The van der Waals surface area contributed by atoms with Gasteiger partial charge in [0.05, 0.1) is 0 Å². The fourth-order valence-corrected chi connectivity index (χ4v) is 0.583. The van der Waals surface area contributed by atoms with Crippen molar-refractivity contribution in [2.75, 3.05) is 0 Å². The molecular weight excluding hydrogens is 124 g/mol. The molecular formula is C8H8N2. The van der Waals surface area contributed by atoms with E-state index in [2.05, 4.69) is 23.1 Å². The van der Waals surface area contributed by atoms with E-state index < -0.39 is 0 Å². The maximum atomic E-state index is 3.83. The van der Waals surface area contributed by atoms with Crippen LogP contribution in [0, 0.1) is 0 Å². The molecule has 0 aromatic carbocycles. The van der Waals surface area contributed by atoms with Crippen molar-refractivity contribution in [1.82, 2.24) is 9.97 Å². The van der Waals surface area contributed by atoms with Crippen molar-refractivity contribution < 1.29 is 0 Å². The van der Waals surface area contributed by atoms with Crippen molar-refractivity contribution in [2.24, 2.45) is 0 Å². The summed E-state index contributed by atoms with van der Waals surface area (Å²) < 4.78 is 0. The summed E-state index contributed by atoms with van der Waals surface area (Å²) in [4.78, 5) is 7.67. The zero-order valence-electron chi connectivity index (χ0n) is 5.62. The molecule has 1 aromatic rings. The summed E-state index contributed by atoms with van der Waals surface area (Å²) in [5.41, 5.74) is 1.76. The molecule has 0 radical (unpaired) electrons. The van der Waals surface area contributed by atoms with E-state index in [9.17, 15) is 0 Å². The van der Waals surface area contributed by atoms with Gasteiger partial charge in [0, 0.05) is 18.0 Å². The minimum Gasteiger partial charge on any atom is -0.244 e. The molecule has 0 spiro atoms. The van der Waals surface area contributed by atoms with E-state index in [4.69, 9.17) is 0 Å². The molecule has 0 N–H and O–H groups in total. The molecule has 0 atom stereocenters. The average Bonchev–Trinajstić information content (AvgIpc) is 2.05. The van der Waals surface area contributed by atoms with Crippen LogP contribution in [0.5, 0.6) is 0 Å². The van der Waals surface area contributed by atoms with Gasteiger partial charge in [0.15, 0.2) is 0 Å². The van der Waals surface area contributed by atoms with Crippen LogP contribution < -0.4 is 0 Å². The molecule has 50 valence electrons. The van der Waals surface area contributed by atoms with Crippen LogP contribution >= 0.6 is 0 Å². The summed E-state index contributed by atoms with van der Waals surface area (Å²) in [6, 6.07) is 0. The monoisotopic (exact) mass is 132 g/mol. The molecule has 1 heterocycles. The molecule has 0 saturated carbocycles. The third kappa shape index (κ3) is 1.29. The van der Waals surface area contributed by atoms with Crippen molar-refractivity contribution in [1.29, 1.82) is 0 Å². The lowest BCUT2D eigenvalue weighted by molar-refractivity contribution is 1.15. The first-order valence-corrected chi connectivity index (χ1v) is 2.91. The van der Waals surface area contributed by atoms with Gasteiger partial charge in [-0.15, -0.1) is 0 Å². The highest BCUT2D eigenvalue weighted by atomic mass is 14.8. The van der Waals surface area contributed by atoms with Crippen LogP contribution in [-0.4, -0.2) is 9.97 Å². The molecule has 0 bridgehead atoms. The predicted molar refractivity (Wildman–Crippen MR) is 41.3 cm³/mol. The second kappa shape index (κ2) is 2.92. The van der Waals surface area contributed by atoms with Gasteiger partial charge in [-0.1, -0.05) is 19.2 Å². The lowest BCUT2D eigenvalue weighted by Crippen LogP contribution is -1.82. The number of hydrogen-bond acceptors (Lipinski definition) is 2. The van der Waals surface area contributed by atoms with E-state index in [0.29, 0.717) is 0 Å². The molecule has 10 heavy (non-hydrogen) atoms. The molecule has 0 aliphatic heterocycles. The van der Waals surface area contributed by atoms with Crippen LogP contribution in [0.3, 0.4) is 0 Å². The van der Waals surface area contributed by atoms with E-state index in [-0.39, 0.29) is 0 Å². The first-order valence-electron chi connectivity index (χ1n) is 2.91. The molecule has 0 fully saturated rings. The number of rotatable bonds is 2. The highest BCUT2D eigenvalue weighted by Gasteiger charge is 1.90. The van der Waals surface area contributed by atoms with E-state index in [1.54, 1.807) is 18.5 Å². The fraction of sp³-hybridized carbons (Fsp3) is 0. The second-order valence-corrected chi connectivity index (χ2v) is 1.86. The van der Waals surface area contributed by atoms with Crippen molar-refractivity contribution >= 4 is 5.57 Å². The Morgan fingerprint density at radius 1 is 1.40 bits per heavy atom. The largest absolute Gasteiger partial charge is 0.244 e. The number of hydrogen-bond donors (Lipinski definition) is 0. The van der Waals surface area contributed by atoms with Crippen LogP contribution in [-0.2, 0) is 0 Å². The molecule has 0 unspecified atom stereocenters. The number of nitrogens with zero attached hydrogens (tertiary/aromatic N) is 2. The van der Waals surface area contributed by atoms with E-state index in [1.165, 1.54) is 6.33 Å². The lowest BCUT2D eigenvalue weighted by atomic mass is 10.2. The minimum absolute atomic E-state index is 0.848. The van der Waals surface area contributed by atoms with Gasteiger partial charge in [0.2, 0.25) is 0 Å². The summed E-state index contributed by atoms with van der Waals surface area (Å²) in [5, 5.41) is 0. The highest BCUT2D eigenvalue weighted by Crippen LogP contribution is 2.08. The van der Waals surface area contributed by atoms with Gasteiger partial charge in [-0.25, -0.2) is 9.97 Å². The normalized spacial score (nSPS) is 8.80. The average molecular weight is 132 g/mol. The van der Waals surface area contributed by atoms with Gasteiger partial charge in [0.1, 0.15) is 6.33 Å². The number of aromatic nitrogens is 2. The topological polar surface area (TPSA) is 25.8 Å². The Kier molecular flexibility index (Phi) is 1.95. The van der Waals surface area contributed by atoms with E-state index >= 15 is 0 Å². The highest BCUT2D eigenvalue weighted by molar-refractivity contribution is 5.69. The summed E-state index contributed by atoms with van der Waals surface area (Å²) in [5.74, 6) is 0. The lowest BCUT2D eigenvalue weighted by Gasteiger charge is -1.94. The molecule has 0 aliphatic rings. The van der Waals surface area contributed by atoms with Crippen LogP contribution in [0.2, 0.25) is 0 Å². The first kappa shape index (κ1) is 6.68. The maximum absolute atomic E-state index is 3.83. The van der Waals surface area contributed by atoms with Gasteiger partial charge < -0.3 is 0 Å². The Morgan fingerprint density at radius 2 is 2.00 bits per heavy atom. The Bertz CT molecular complexity index is 239. The van der Waals surface area contributed by atoms with Crippen LogP contribution in [0.4, 0.5) is 0 Å². The van der Waals surface area contributed by atoms with Crippen LogP contribution in [0.15, 0.2) is 38.0 Å². The van der Waals surface area contributed by atoms with Gasteiger partial charge >= 0.3 is 0 Å². The minimum atomic E-state index is 0.848. The molecule has 1 rings (SSSR count). The molecule has 2 nitrogen and oxygen atoms in total. The van der Waals surface area contributed by atoms with Crippen LogP contribution in [0.1, 0.15) is 5.56 Å². The van der Waals surface area contributed by atoms with Crippen molar-refractivity contribution in [2.45, 2.75) is 0 Å². The van der Waals surface area contributed by atoms with Gasteiger partial charge in [0.25, 0.3) is 0 Å². The Balaban J connectivity index is 2.95. The Labute approximate surface area is 60.0 Å². The molecule has 2 heteroatoms. The molecule has 0 amide bonds. The predicted octanol–water partition coefficient (Wildman–Crippen LogP) is 1.68. The molecule has 0 aliphatic carbocycles. The Hall–Kier alpha value is -1.44. The molecule has 1 aromatic heterocycles. The van der Waals surface area contributed by atoms with Crippen molar-refractivity contribution in [3.8, 4) is 0 Å². The third-order valence-corrected chi connectivity index (χ3v) is 1.18. The summed E-state index contributed by atoms with van der Waals surface area (Å²) in [6.07, 6.45) is 6.58. The smallest absolute Gasteiger partial charge is 0.115 e. The zero-order chi connectivity index (χ0) is 7.40. The SMILES string of the molecule is C=CC(=C)c1cncnc1. The quantitative estimate of drug-likeness (QED) is 0.572. The summed E-state index contributed by atoms with van der Waals surface area (Å²) in [6.45, 7) is 7.33. The van der Waals surface area contributed by atoms with Crippen molar-refractivity contribution in [3.05, 3.63) is 43.5 Å². The van der Waals surface area contributed by atoms with Gasteiger partial charge in [-0.2, -0.15) is 0 Å². The van der Waals surface area contributed by atoms with Gasteiger partial charge in [-0.3, -0.25) is 0 Å². The fourth-order valence-electron chi connectivity index (χ4n) is 0.583. The number of allylic oxidation sites excluding steroid dienone is 2. The third-order valence-electron chi connectivity index (χ3n) is 1.18. The first-order chi connectivity index (χ1) is 4.84.